The topological polar surface area (TPSA) is 29.3 Å². The summed E-state index contributed by atoms with van der Waals surface area (Å²) >= 11 is 0. The van der Waals surface area contributed by atoms with Crippen LogP contribution < -0.4 is 5.73 Å². The molecule has 2 N–H and O–H groups in total. The van der Waals surface area contributed by atoms with E-state index >= 15 is 0 Å². The zero-order valence-corrected chi connectivity index (χ0v) is 10.6. The molecule has 1 spiro atoms. The Morgan fingerprint density at radius 3 is 2.53 bits per heavy atom. The lowest BCUT2D eigenvalue weighted by atomic mass is 9.49. The summed E-state index contributed by atoms with van der Waals surface area (Å²) in [5, 5.41) is 0. The zero-order valence-electron chi connectivity index (χ0n) is 10.6. The number of nitrogens with two attached hydrogens (primary N) is 1. The van der Waals surface area contributed by atoms with Crippen molar-refractivity contribution in [2.75, 3.05) is 7.05 Å². The van der Waals surface area contributed by atoms with Gasteiger partial charge in [-0.05, 0) is 31.9 Å². The number of hydrogen-bond acceptors (Lipinski definition) is 2. The van der Waals surface area contributed by atoms with Gasteiger partial charge in [0.05, 0.1) is 0 Å². The largest absolute Gasteiger partial charge is 0.327 e. The second-order valence-electron chi connectivity index (χ2n) is 5.85. The normalized spacial score (nSPS) is 30.1. The lowest BCUT2D eigenvalue weighted by Gasteiger charge is -2.63. The van der Waals surface area contributed by atoms with Crippen molar-refractivity contribution in [3.8, 4) is 0 Å². The van der Waals surface area contributed by atoms with E-state index in [9.17, 15) is 0 Å². The molecular formula is C15H22N2. The van der Waals surface area contributed by atoms with Crippen LogP contribution in [0.1, 0.15) is 31.2 Å². The van der Waals surface area contributed by atoms with Crippen molar-refractivity contribution in [1.82, 2.24) is 4.90 Å². The van der Waals surface area contributed by atoms with Gasteiger partial charge in [-0.3, -0.25) is 4.90 Å². The second-order valence-corrected chi connectivity index (χ2v) is 5.85. The molecule has 0 saturated heterocycles. The van der Waals surface area contributed by atoms with E-state index in [4.69, 9.17) is 5.73 Å². The average Bonchev–Trinajstić information content (AvgIpc) is 2.24. The molecule has 2 heteroatoms. The molecule has 2 fully saturated rings. The van der Waals surface area contributed by atoms with Crippen LogP contribution in [0.15, 0.2) is 30.3 Å². The summed E-state index contributed by atoms with van der Waals surface area (Å²) in [5.41, 5.74) is 8.10. The smallest absolute Gasteiger partial charge is 0.0233 e. The molecule has 0 bridgehead atoms. The summed E-state index contributed by atoms with van der Waals surface area (Å²) in [6.07, 6.45) is 5.25. The van der Waals surface area contributed by atoms with Crippen molar-refractivity contribution in [1.29, 1.82) is 0 Å². The summed E-state index contributed by atoms with van der Waals surface area (Å²) in [7, 11) is 2.25. The molecule has 0 aliphatic heterocycles. The van der Waals surface area contributed by atoms with Gasteiger partial charge in [0, 0.05) is 24.0 Å². The predicted molar refractivity (Wildman–Crippen MR) is 70.6 cm³/mol. The van der Waals surface area contributed by atoms with Gasteiger partial charge in [0.15, 0.2) is 0 Å². The van der Waals surface area contributed by atoms with Gasteiger partial charge in [0.1, 0.15) is 0 Å². The Balaban J connectivity index is 1.66. The predicted octanol–water partition coefficient (Wildman–Crippen LogP) is 2.39. The van der Waals surface area contributed by atoms with Gasteiger partial charge >= 0.3 is 0 Å². The van der Waals surface area contributed by atoms with E-state index in [-0.39, 0.29) is 0 Å². The molecule has 0 aromatic heterocycles. The molecule has 0 radical (unpaired) electrons. The molecule has 0 amide bonds. The van der Waals surface area contributed by atoms with Crippen molar-refractivity contribution < 1.29 is 0 Å². The van der Waals surface area contributed by atoms with Crippen LogP contribution >= 0.6 is 0 Å². The maximum atomic E-state index is 6.21. The van der Waals surface area contributed by atoms with E-state index in [0.29, 0.717) is 17.5 Å². The highest BCUT2D eigenvalue weighted by Gasteiger charge is 2.57. The average molecular weight is 230 g/mol. The summed E-state index contributed by atoms with van der Waals surface area (Å²) < 4.78 is 0. The minimum atomic E-state index is 0.458. The first-order valence-corrected chi connectivity index (χ1v) is 6.72. The van der Waals surface area contributed by atoms with Crippen molar-refractivity contribution in [2.24, 2.45) is 11.1 Å². The molecule has 17 heavy (non-hydrogen) atoms. The molecule has 2 unspecified atom stereocenters. The molecule has 2 nitrogen and oxygen atoms in total. The Kier molecular flexibility index (Phi) is 2.72. The molecule has 3 rings (SSSR count). The standard InChI is InChI=1S/C15H22N2/c1-17(11-12-6-3-2-4-7-12)14-10-13(16)15(14)8-5-9-15/h2-4,6-7,13-14H,5,8-11,16H2,1H3. The van der Waals surface area contributed by atoms with Crippen LogP contribution in [0.5, 0.6) is 0 Å². The number of rotatable bonds is 3. The molecule has 2 saturated carbocycles. The third-order valence-electron chi connectivity index (χ3n) is 4.97. The minimum Gasteiger partial charge on any atom is -0.327 e. The number of nitrogens with zero attached hydrogens (tertiary/aromatic N) is 1. The fourth-order valence-electron chi connectivity index (χ4n) is 3.69. The molecule has 1 aromatic rings. The van der Waals surface area contributed by atoms with Crippen LogP contribution in [0.2, 0.25) is 0 Å². The molecule has 0 heterocycles. The lowest BCUT2D eigenvalue weighted by molar-refractivity contribution is -0.0966. The van der Waals surface area contributed by atoms with Gasteiger partial charge < -0.3 is 5.73 Å². The van der Waals surface area contributed by atoms with Crippen LogP contribution in [-0.4, -0.2) is 24.0 Å². The van der Waals surface area contributed by atoms with E-state index in [2.05, 4.69) is 42.3 Å². The van der Waals surface area contributed by atoms with Crippen LogP contribution in [0.3, 0.4) is 0 Å². The van der Waals surface area contributed by atoms with Gasteiger partial charge in [-0.25, -0.2) is 0 Å². The number of hydrogen-bond donors (Lipinski definition) is 1. The van der Waals surface area contributed by atoms with E-state index in [1.165, 1.54) is 31.2 Å². The maximum absolute atomic E-state index is 6.21. The first-order valence-electron chi connectivity index (χ1n) is 6.72. The van der Waals surface area contributed by atoms with Gasteiger partial charge in [-0.2, -0.15) is 0 Å². The fraction of sp³-hybridized carbons (Fsp3) is 0.600. The Morgan fingerprint density at radius 2 is 2.00 bits per heavy atom. The second kappa shape index (κ2) is 4.11. The molecule has 1 aromatic carbocycles. The van der Waals surface area contributed by atoms with Crippen molar-refractivity contribution in [2.45, 2.75) is 44.3 Å². The van der Waals surface area contributed by atoms with E-state index in [1.54, 1.807) is 0 Å². The Hall–Kier alpha value is -0.860. The lowest BCUT2D eigenvalue weighted by Crippen LogP contribution is -2.69. The van der Waals surface area contributed by atoms with Crippen LogP contribution in [0, 0.1) is 5.41 Å². The summed E-state index contributed by atoms with van der Waals surface area (Å²) in [6, 6.07) is 11.9. The van der Waals surface area contributed by atoms with E-state index in [1.807, 2.05) is 0 Å². The molecule has 2 aliphatic carbocycles. The van der Waals surface area contributed by atoms with Gasteiger partial charge in [-0.15, -0.1) is 0 Å². The maximum Gasteiger partial charge on any atom is 0.0233 e. The van der Waals surface area contributed by atoms with Gasteiger partial charge in [-0.1, -0.05) is 36.8 Å². The fourth-order valence-corrected chi connectivity index (χ4v) is 3.69. The van der Waals surface area contributed by atoms with E-state index < -0.39 is 0 Å². The molecule has 2 atom stereocenters. The zero-order chi connectivity index (χ0) is 11.9. The summed E-state index contributed by atoms with van der Waals surface area (Å²) in [6.45, 7) is 1.06. The SMILES string of the molecule is CN(Cc1ccccc1)C1CC(N)C12CCC2. The Labute approximate surface area is 104 Å². The quantitative estimate of drug-likeness (QED) is 0.864. The van der Waals surface area contributed by atoms with Crippen molar-refractivity contribution in [3.63, 3.8) is 0 Å². The Bertz CT molecular complexity index is 383. The van der Waals surface area contributed by atoms with E-state index in [0.717, 1.165) is 6.54 Å². The first-order chi connectivity index (χ1) is 8.22. The number of benzene rings is 1. The molecule has 2 aliphatic rings. The highest BCUT2D eigenvalue weighted by atomic mass is 15.2. The summed E-state index contributed by atoms with van der Waals surface area (Å²) in [4.78, 5) is 2.51. The minimum absolute atomic E-state index is 0.458. The van der Waals surface area contributed by atoms with Crippen molar-refractivity contribution >= 4 is 0 Å². The van der Waals surface area contributed by atoms with Crippen LogP contribution in [0.4, 0.5) is 0 Å². The molecule has 92 valence electrons. The highest BCUT2D eigenvalue weighted by Crippen LogP contribution is 2.56. The van der Waals surface area contributed by atoms with Gasteiger partial charge in [0.2, 0.25) is 0 Å². The molecular weight excluding hydrogens is 208 g/mol. The third-order valence-corrected chi connectivity index (χ3v) is 4.97. The monoisotopic (exact) mass is 230 g/mol. The highest BCUT2D eigenvalue weighted by molar-refractivity contribution is 5.17. The Morgan fingerprint density at radius 1 is 1.29 bits per heavy atom. The third kappa shape index (κ3) is 1.71. The first kappa shape index (κ1) is 11.2. The van der Waals surface area contributed by atoms with Crippen LogP contribution in [0.25, 0.3) is 0 Å². The summed E-state index contributed by atoms with van der Waals surface area (Å²) in [5.74, 6) is 0. The van der Waals surface area contributed by atoms with Crippen LogP contribution in [-0.2, 0) is 6.54 Å². The van der Waals surface area contributed by atoms with Gasteiger partial charge in [0.25, 0.3) is 0 Å². The van der Waals surface area contributed by atoms with Crippen molar-refractivity contribution in [3.05, 3.63) is 35.9 Å².